The van der Waals surface area contributed by atoms with Crippen molar-refractivity contribution in [2.24, 2.45) is 5.92 Å². The van der Waals surface area contributed by atoms with Crippen molar-refractivity contribution >= 4 is 17.9 Å². The van der Waals surface area contributed by atoms with Crippen LogP contribution in [-0.4, -0.2) is 68.3 Å². The van der Waals surface area contributed by atoms with Crippen LogP contribution in [0.4, 0.5) is 13.6 Å². The summed E-state index contributed by atoms with van der Waals surface area (Å²) in [7, 11) is 1.31. The van der Waals surface area contributed by atoms with E-state index in [4.69, 9.17) is 9.47 Å². The summed E-state index contributed by atoms with van der Waals surface area (Å²) in [5.41, 5.74) is -0.448. The zero-order valence-electron chi connectivity index (χ0n) is 19.3. The first kappa shape index (κ1) is 26.1. The van der Waals surface area contributed by atoms with Crippen LogP contribution in [0.25, 0.3) is 0 Å². The van der Waals surface area contributed by atoms with Gasteiger partial charge in [0.2, 0.25) is 5.91 Å². The van der Waals surface area contributed by atoms with Crippen LogP contribution >= 0.6 is 0 Å². The van der Waals surface area contributed by atoms with Crippen molar-refractivity contribution < 1.29 is 37.4 Å². The van der Waals surface area contributed by atoms with E-state index in [0.717, 1.165) is 0 Å². The van der Waals surface area contributed by atoms with Gasteiger partial charge in [-0.3, -0.25) is 9.59 Å². The summed E-state index contributed by atoms with van der Waals surface area (Å²) in [5.74, 6) is -1.18. The van der Waals surface area contributed by atoms with Crippen molar-refractivity contribution in [1.82, 2.24) is 15.5 Å². The van der Waals surface area contributed by atoms with E-state index >= 15 is 0 Å². The molecule has 1 aromatic rings. The highest BCUT2D eigenvalue weighted by Crippen LogP contribution is 2.30. The molecule has 2 rings (SSSR count). The third-order valence-corrected chi connectivity index (χ3v) is 4.80. The predicted octanol–water partition coefficient (Wildman–Crippen LogP) is 2.79. The first-order valence-electron chi connectivity index (χ1n) is 10.7. The molecule has 0 bridgehead atoms. The fourth-order valence-electron chi connectivity index (χ4n) is 3.36. The van der Waals surface area contributed by atoms with Crippen molar-refractivity contribution in [1.29, 1.82) is 0 Å². The molecule has 0 radical (unpaired) electrons. The standard InChI is InChI=1S/C22H31F2N3O6/c1-22(2,3)33-21(30)26-10-9-25-18(28)15-6-5-11-27(13-15)19(29)14-7-8-16(31-4)17(12-14)32-20(23)24/h7-8,12,15,20H,5-6,9-11,13H2,1-4H3,(H,25,28)(H,26,30). The fourth-order valence-corrected chi connectivity index (χ4v) is 3.36. The number of benzene rings is 1. The number of halogens is 2. The number of rotatable bonds is 8. The molecule has 2 N–H and O–H groups in total. The van der Waals surface area contributed by atoms with Gasteiger partial charge in [0.05, 0.1) is 13.0 Å². The predicted molar refractivity (Wildman–Crippen MR) is 115 cm³/mol. The Morgan fingerprint density at radius 2 is 1.85 bits per heavy atom. The third kappa shape index (κ3) is 8.39. The number of nitrogens with one attached hydrogen (secondary N) is 2. The molecule has 0 saturated carbocycles. The molecular weight excluding hydrogens is 440 g/mol. The Bertz CT molecular complexity index is 844. The van der Waals surface area contributed by atoms with Crippen LogP contribution < -0.4 is 20.1 Å². The molecule has 1 aromatic carbocycles. The minimum Gasteiger partial charge on any atom is -0.493 e. The highest BCUT2D eigenvalue weighted by Gasteiger charge is 2.29. The Morgan fingerprint density at radius 3 is 2.48 bits per heavy atom. The van der Waals surface area contributed by atoms with E-state index in [9.17, 15) is 23.2 Å². The molecular formula is C22H31F2N3O6. The van der Waals surface area contributed by atoms with Gasteiger partial charge >= 0.3 is 12.7 Å². The number of methoxy groups -OCH3 is 1. The monoisotopic (exact) mass is 471 g/mol. The molecule has 184 valence electrons. The van der Waals surface area contributed by atoms with Crippen LogP contribution in [0.15, 0.2) is 18.2 Å². The van der Waals surface area contributed by atoms with Crippen molar-refractivity contribution in [3.05, 3.63) is 23.8 Å². The molecule has 1 heterocycles. The molecule has 9 nitrogen and oxygen atoms in total. The van der Waals surface area contributed by atoms with Crippen LogP contribution in [0.1, 0.15) is 44.0 Å². The summed E-state index contributed by atoms with van der Waals surface area (Å²) >= 11 is 0. The smallest absolute Gasteiger partial charge is 0.407 e. The zero-order valence-corrected chi connectivity index (χ0v) is 19.3. The second kappa shape index (κ2) is 11.7. The largest absolute Gasteiger partial charge is 0.493 e. The molecule has 3 amide bonds. The molecule has 0 aromatic heterocycles. The van der Waals surface area contributed by atoms with Crippen LogP contribution in [0.5, 0.6) is 11.5 Å². The van der Waals surface area contributed by atoms with E-state index in [1.165, 1.54) is 30.2 Å². The van der Waals surface area contributed by atoms with Gasteiger partial charge in [0, 0.05) is 31.7 Å². The number of alkyl halides is 2. The second-order valence-corrected chi connectivity index (χ2v) is 8.55. The van der Waals surface area contributed by atoms with Crippen molar-refractivity contribution in [3.63, 3.8) is 0 Å². The molecule has 1 aliphatic heterocycles. The number of amides is 3. The van der Waals surface area contributed by atoms with Crippen molar-refractivity contribution in [3.8, 4) is 11.5 Å². The van der Waals surface area contributed by atoms with Crippen molar-refractivity contribution in [2.45, 2.75) is 45.8 Å². The third-order valence-electron chi connectivity index (χ3n) is 4.80. The highest BCUT2D eigenvalue weighted by atomic mass is 19.3. The maximum Gasteiger partial charge on any atom is 0.407 e. The summed E-state index contributed by atoms with van der Waals surface area (Å²) in [5, 5.41) is 5.31. The van der Waals surface area contributed by atoms with E-state index < -0.39 is 24.2 Å². The topological polar surface area (TPSA) is 106 Å². The number of piperidine rings is 1. The van der Waals surface area contributed by atoms with Crippen molar-refractivity contribution in [2.75, 3.05) is 33.3 Å². The number of carbonyl (C=O) groups excluding carboxylic acids is 3. The Labute approximate surface area is 191 Å². The Balaban J connectivity index is 1.89. The van der Waals surface area contributed by atoms with Crippen LogP contribution in [0.3, 0.4) is 0 Å². The number of alkyl carbamates (subject to hydrolysis) is 1. The summed E-state index contributed by atoms with van der Waals surface area (Å²) in [6.07, 6.45) is 0.662. The quantitative estimate of drug-likeness (QED) is 0.565. The van der Waals surface area contributed by atoms with E-state index in [-0.39, 0.29) is 48.5 Å². The average Bonchev–Trinajstić information content (AvgIpc) is 2.74. The Morgan fingerprint density at radius 1 is 1.15 bits per heavy atom. The van der Waals surface area contributed by atoms with Gasteiger partial charge in [-0.1, -0.05) is 0 Å². The normalized spacial score (nSPS) is 16.2. The highest BCUT2D eigenvalue weighted by molar-refractivity contribution is 5.95. The zero-order chi connectivity index (χ0) is 24.6. The van der Waals surface area contributed by atoms with E-state index in [1.54, 1.807) is 20.8 Å². The molecule has 0 aliphatic carbocycles. The molecule has 33 heavy (non-hydrogen) atoms. The van der Waals surface area contributed by atoms with Crippen LogP contribution in [-0.2, 0) is 9.53 Å². The van der Waals surface area contributed by atoms with Crippen LogP contribution in [0, 0.1) is 5.92 Å². The number of hydrogen-bond donors (Lipinski definition) is 2. The van der Waals surface area contributed by atoms with E-state index in [0.29, 0.717) is 19.4 Å². The van der Waals surface area contributed by atoms with Gasteiger partial charge in [0.25, 0.3) is 5.91 Å². The number of carbonyl (C=O) groups is 3. The number of nitrogens with zero attached hydrogens (tertiary/aromatic N) is 1. The SMILES string of the molecule is COc1ccc(C(=O)N2CCCC(C(=O)NCCNC(=O)OC(C)(C)C)C2)cc1OC(F)F. The van der Waals surface area contributed by atoms with Gasteiger partial charge in [-0.2, -0.15) is 8.78 Å². The summed E-state index contributed by atoms with van der Waals surface area (Å²) < 4.78 is 39.9. The lowest BCUT2D eigenvalue weighted by molar-refractivity contribution is -0.126. The minimum absolute atomic E-state index is 0.0859. The molecule has 1 fully saturated rings. The lowest BCUT2D eigenvalue weighted by atomic mass is 9.96. The molecule has 1 aliphatic rings. The average molecular weight is 472 g/mol. The van der Waals surface area contributed by atoms with Gasteiger partial charge in [0.15, 0.2) is 11.5 Å². The second-order valence-electron chi connectivity index (χ2n) is 8.55. The summed E-state index contributed by atoms with van der Waals surface area (Å²) in [6, 6.07) is 4.06. The molecule has 11 heteroatoms. The Hall–Kier alpha value is -3.11. The van der Waals surface area contributed by atoms with Crippen LogP contribution in [0.2, 0.25) is 0 Å². The summed E-state index contributed by atoms with van der Waals surface area (Å²) in [4.78, 5) is 38.6. The molecule has 1 atom stereocenters. The van der Waals surface area contributed by atoms with Gasteiger partial charge in [-0.25, -0.2) is 4.79 Å². The molecule has 0 spiro atoms. The first-order chi connectivity index (χ1) is 15.5. The lowest BCUT2D eigenvalue weighted by Gasteiger charge is -2.32. The van der Waals surface area contributed by atoms with Gasteiger partial charge in [-0.05, 0) is 51.8 Å². The maximum atomic E-state index is 12.9. The first-order valence-corrected chi connectivity index (χ1v) is 10.7. The number of likely N-dealkylation sites (tertiary alicyclic amines) is 1. The van der Waals surface area contributed by atoms with E-state index in [2.05, 4.69) is 15.4 Å². The summed E-state index contributed by atoms with van der Waals surface area (Å²) in [6.45, 7) is 3.26. The Kier molecular flexibility index (Phi) is 9.24. The number of ether oxygens (including phenoxy) is 3. The molecule has 1 saturated heterocycles. The van der Waals surface area contributed by atoms with Gasteiger partial charge < -0.3 is 29.7 Å². The maximum absolute atomic E-state index is 12.9. The molecule has 1 unspecified atom stereocenters. The number of hydrogen-bond acceptors (Lipinski definition) is 6. The fraction of sp³-hybridized carbons (Fsp3) is 0.591. The lowest BCUT2D eigenvalue weighted by Crippen LogP contribution is -2.46. The van der Waals surface area contributed by atoms with E-state index in [1.807, 2.05) is 0 Å². The van der Waals surface area contributed by atoms with Gasteiger partial charge in [0.1, 0.15) is 5.60 Å². The van der Waals surface area contributed by atoms with Gasteiger partial charge in [-0.15, -0.1) is 0 Å². The minimum atomic E-state index is -3.06.